The third-order valence-electron chi connectivity index (χ3n) is 6.59. The lowest BCUT2D eigenvalue weighted by Crippen LogP contribution is -2.71. The van der Waals surface area contributed by atoms with E-state index in [0.29, 0.717) is 5.57 Å². The number of fused-ring (bicyclic) bond motifs is 1. The highest BCUT2D eigenvalue weighted by molar-refractivity contribution is 8.00. The van der Waals surface area contributed by atoms with Gasteiger partial charge in [-0.05, 0) is 13.8 Å². The molecule has 2 aromatic heterocycles. The Morgan fingerprint density at radius 2 is 2.02 bits per heavy atom. The molecule has 0 bridgehead atoms. The van der Waals surface area contributed by atoms with Crippen LogP contribution in [-0.4, -0.2) is 95.4 Å². The molecule has 2 unspecified atom stereocenters. The Kier molecular flexibility index (Phi) is 9.48. The summed E-state index contributed by atoms with van der Waals surface area (Å²) in [7, 11) is 1.60. The van der Waals surface area contributed by atoms with E-state index >= 15 is 0 Å². The van der Waals surface area contributed by atoms with Crippen molar-refractivity contribution in [3.63, 3.8) is 0 Å². The van der Waals surface area contributed by atoms with Crippen LogP contribution in [0.4, 0.5) is 21.4 Å². The summed E-state index contributed by atoms with van der Waals surface area (Å²) >= 11 is 1.93. The number of hydrogen-bond acceptors (Lipinski definition) is 15. The summed E-state index contributed by atoms with van der Waals surface area (Å²) in [5.74, 6) is -4.66. The molecule has 4 rings (SSSR count). The largest absolute Gasteiger partial charge is 0.543 e. The lowest BCUT2D eigenvalue weighted by Gasteiger charge is -2.50. The number of nitrogens with zero attached hydrogens (tertiary/aromatic N) is 6. The van der Waals surface area contributed by atoms with Crippen molar-refractivity contribution in [3.8, 4) is 0 Å². The summed E-state index contributed by atoms with van der Waals surface area (Å²) in [4.78, 5) is 72.2. The standard InChI is InChI=1S/C23H30N12O8S2/c1-23(2,20(40)41)43-31-11(15-30-21(26)45-32-15)16(36)29-12-17(37)35-13(19(38)39)9(8-44-18(12)35)6-34-7-10(14(25)33(34)3)28-22(42)27-5-4-24/h7,12,18,25H,4-6,8,24H2,1-3H3,(H7,26,27,28,29,30,32,36,38,39,40,41,42)/b31-11+. The monoisotopic (exact) mass is 666 g/mol. The number of anilines is 3. The number of urea groups is 1. The van der Waals surface area contributed by atoms with Gasteiger partial charge in [0.05, 0.1) is 18.7 Å². The van der Waals surface area contributed by atoms with Crippen LogP contribution in [0.3, 0.4) is 0 Å². The Balaban J connectivity index is 1.54. The van der Waals surface area contributed by atoms with Gasteiger partial charge in [0.1, 0.15) is 11.4 Å². The molecule has 242 valence electrons. The first-order valence-corrected chi connectivity index (χ1v) is 14.9. The molecule has 0 saturated carbocycles. The van der Waals surface area contributed by atoms with Crippen molar-refractivity contribution >= 4 is 75.4 Å². The van der Waals surface area contributed by atoms with Crippen molar-refractivity contribution in [3.05, 3.63) is 23.3 Å². The average molecular weight is 667 g/mol. The first-order valence-electron chi connectivity index (χ1n) is 13.0. The van der Waals surface area contributed by atoms with Gasteiger partial charge in [-0.25, -0.2) is 9.59 Å². The lowest BCUT2D eigenvalue weighted by atomic mass is 10.0. The summed E-state index contributed by atoms with van der Waals surface area (Å²) in [6, 6.07) is -1.72. The molecule has 2 atom stereocenters. The molecule has 22 heteroatoms. The van der Waals surface area contributed by atoms with Crippen LogP contribution in [0.1, 0.15) is 19.7 Å². The molecule has 45 heavy (non-hydrogen) atoms. The van der Waals surface area contributed by atoms with Crippen LogP contribution >= 0.6 is 23.3 Å². The van der Waals surface area contributed by atoms with E-state index in [1.807, 2.05) is 0 Å². The number of nitrogens with two attached hydrogens (primary N) is 3. The molecule has 4 heterocycles. The maximum atomic E-state index is 13.2. The highest BCUT2D eigenvalue weighted by Gasteiger charge is 2.53. The Hall–Kier alpha value is -4.96. The van der Waals surface area contributed by atoms with Gasteiger partial charge in [0.25, 0.3) is 11.8 Å². The number of amides is 4. The molecule has 2 aliphatic heterocycles. The maximum Gasteiger partial charge on any atom is 0.350 e. The van der Waals surface area contributed by atoms with Crippen LogP contribution in [0.2, 0.25) is 0 Å². The molecule has 1 saturated heterocycles. The van der Waals surface area contributed by atoms with Gasteiger partial charge in [0.2, 0.25) is 23.3 Å². The third kappa shape index (κ3) is 6.76. The maximum absolute atomic E-state index is 13.2. The van der Waals surface area contributed by atoms with Gasteiger partial charge in [-0.2, -0.15) is 9.36 Å². The highest BCUT2D eigenvalue weighted by atomic mass is 32.2. The molecular formula is C23H30N12O8S2. The number of oxime groups is 1. The molecule has 0 spiro atoms. The Morgan fingerprint density at radius 1 is 1.31 bits per heavy atom. The fraction of sp³-hybridized carbons (Fsp3) is 0.435. The number of thioether (sulfide) groups is 1. The second kappa shape index (κ2) is 13.0. The van der Waals surface area contributed by atoms with Crippen molar-refractivity contribution in [2.75, 3.05) is 35.6 Å². The van der Waals surface area contributed by atoms with Crippen LogP contribution < -0.4 is 42.9 Å². The topological polar surface area (TPSA) is 302 Å². The Bertz CT molecular complexity index is 1620. The molecular weight excluding hydrogens is 636 g/mol. The van der Waals surface area contributed by atoms with Gasteiger partial charge in [0.15, 0.2) is 23.2 Å². The quantitative estimate of drug-likeness (QED) is 0.0493. The molecule has 1 fully saturated rings. The van der Waals surface area contributed by atoms with E-state index < -0.39 is 52.5 Å². The van der Waals surface area contributed by atoms with Crippen LogP contribution in [0.15, 0.2) is 22.6 Å². The number of carboxylic acids is 2. The van der Waals surface area contributed by atoms with E-state index in [4.69, 9.17) is 22.0 Å². The fourth-order valence-electron chi connectivity index (χ4n) is 4.13. The minimum Gasteiger partial charge on any atom is -0.543 e. The molecule has 20 nitrogen and oxygen atoms in total. The highest BCUT2D eigenvalue weighted by Crippen LogP contribution is 2.40. The molecule has 0 radical (unpaired) electrons. The van der Waals surface area contributed by atoms with Crippen molar-refractivity contribution in [2.45, 2.75) is 37.4 Å². The summed E-state index contributed by atoms with van der Waals surface area (Å²) < 4.78 is 6.95. The zero-order valence-electron chi connectivity index (χ0n) is 24.1. The Labute approximate surface area is 262 Å². The van der Waals surface area contributed by atoms with Crippen molar-refractivity contribution in [1.29, 1.82) is 0 Å². The van der Waals surface area contributed by atoms with Gasteiger partial charge < -0.3 is 47.7 Å². The van der Waals surface area contributed by atoms with Gasteiger partial charge >= 0.3 is 12.0 Å². The van der Waals surface area contributed by atoms with Crippen molar-refractivity contribution in [2.24, 2.45) is 17.9 Å². The van der Waals surface area contributed by atoms with Gasteiger partial charge in [0, 0.05) is 35.9 Å². The number of aliphatic carboxylic acids is 2. The number of hydrogen-bond donors (Lipinski definition) is 7. The summed E-state index contributed by atoms with van der Waals surface area (Å²) in [5.41, 5.74) is 15.0. The van der Waals surface area contributed by atoms with E-state index in [1.165, 1.54) is 36.5 Å². The Morgan fingerprint density at radius 3 is 2.62 bits per heavy atom. The second-order valence-electron chi connectivity index (χ2n) is 10.1. The van der Waals surface area contributed by atoms with Crippen molar-refractivity contribution in [1.82, 2.24) is 29.6 Å². The molecule has 0 aliphatic carbocycles. The van der Waals surface area contributed by atoms with Gasteiger partial charge in [-0.3, -0.25) is 19.8 Å². The number of carbonyl (C=O) groups is 5. The number of nitrogen functional groups attached to an aromatic ring is 2. The van der Waals surface area contributed by atoms with E-state index in [2.05, 4.69) is 30.5 Å². The van der Waals surface area contributed by atoms with Crippen molar-refractivity contribution < 1.29 is 43.7 Å². The predicted molar refractivity (Wildman–Crippen MR) is 157 cm³/mol. The number of nitrogens with one attached hydrogen (secondary N) is 3. The number of carbonyl (C=O) groups excluding carboxylic acids is 4. The predicted octanol–water partition coefficient (Wildman–Crippen LogP) is -3.90. The summed E-state index contributed by atoms with van der Waals surface area (Å²) in [6.07, 6.45) is 1.50. The smallest absolute Gasteiger partial charge is 0.350 e. The van der Waals surface area contributed by atoms with E-state index in [9.17, 15) is 34.2 Å². The zero-order chi connectivity index (χ0) is 33.2. The fourth-order valence-corrected chi connectivity index (χ4v) is 5.90. The molecule has 10 N–H and O–H groups in total. The first-order chi connectivity index (χ1) is 21.2. The van der Waals surface area contributed by atoms with Crippen LogP contribution in [0, 0.1) is 0 Å². The number of rotatable bonds is 12. The van der Waals surface area contributed by atoms with E-state index in [0.717, 1.165) is 16.4 Å². The molecule has 2 aromatic rings. The minimum absolute atomic E-state index is 0.0106. The van der Waals surface area contributed by atoms with E-state index in [-0.39, 0.29) is 53.5 Å². The normalized spacial score (nSPS) is 18.2. The van der Waals surface area contributed by atoms with Crippen LogP contribution in [0.25, 0.3) is 0 Å². The van der Waals surface area contributed by atoms with Gasteiger partial charge in [-0.15, -0.1) is 21.1 Å². The second-order valence-corrected chi connectivity index (χ2v) is 12.0. The first kappa shape index (κ1) is 32.9. The number of aromatic nitrogens is 4. The van der Waals surface area contributed by atoms with Crippen LogP contribution in [-0.2, 0) is 37.6 Å². The van der Waals surface area contributed by atoms with E-state index in [1.54, 1.807) is 11.7 Å². The molecule has 4 amide bonds. The van der Waals surface area contributed by atoms with Crippen LogP contribution in [0.5, 0.6) is 0 Å². The zero-order valence-corrected chi connectivity index (χ0v) is 25.7. The SMILES string of the molecule is Cn1c(N)c(NC(=O)NCCN)c[n+]1CC1=C(C(=O)[O-])N2C(=O)C(NC(=O)/C(=N/OC(C)(C)C(=O)O)c3nsc(N)n3)C2SC1. The molecule has 2 aliphatic rings. The lowest BCUT2D eigenvalue weighted by molar-refractivity contribution is -0.765. The third-order valence-corrected chi connectivity index (χ3v) is 8.48. The average Bonchev–Trinajstić information content (AvgIpc) is 3.52. The number of carboxylic acid groups (broad SMARTS) is 2. The minimum atomic E-state index is -1.82. The van der Waals surface area contributed by atoms with Gasteiger partial charge in [-0.1, -0.05) is 5.16 Å². The summed E-state index contributed by atoms with van der Waals surface area (Å²) in [5, 5.41) is 32.0. The summed E-state index contributed by atoms with van der Waals surface area (Å²) in [6.45, 7) is 2.86. The molecule has 0 aromatic carbocycles. The number of β-lactam (4-membered cyclic amide) rings is 1.